The summed E-state index contributed by atoms with van der Waals surface area (Å²) >= 11 is 0. The Morgan fingerprint density at radius 1 is 1.35 bits per heavy atom. The van der Waals surface area contributed by atoms with E-state index in [2.05, 4.69) is 10.6 Å². The van der Waals surface area contributed by atoms with Gasteiger partial charge in [-0.15, -0.1) is 0 Å². The Bertz CT molecular complexity index is 514. The van der Waals surface area contributed by atoms with Gasteiger partial charge in [0.05, 0.1) is 18.2 Å². The minimum Gasteiger partial charge on any atom is -0.478 e. The molecule has 0 saturated heterocycles. The fourth-order valence-corrected chi connectivity index (χ4v) is 1.84. The molecule has 2 amide bonds. The molecule has 0 aliphatic rings. The number of carbonyl (C=O) groups is 2. The van der Waals surface area contributed by atoms with Crippen molar-refractivity contribution in [2.24, 2.45) is 0 Å². The van der Waals surface area contributed by atoms with E-state index in [4.69, 9.17) is 9.84 Å². The molecule has 6 nitrogen and oxygen atoms in total. The predicted octanol–water partition coefficient (Wildman–Crippen LogP) is 2.16. The third-order valence-electron chi connectivity index (χ3n) is 2.95. The van der Waals surface area contributed by atoms with E-state index in [9.17, 15) is 9.59 Å². The lowest BCUT2D eigenvalue weighted by Crippen LogP contribution is -2.38. The van der Waals surface area contributed by atoms with Crippen LogP contribution in [0.3, 0.4) is 0 Å². The monoisotopic (exact) mass is 280 g/mol. The maximum atomic E-state index is 11.7. The Morgan fingerprint density at radius 2 is 2.00 bits per heavy atom. The van der Waals surface area contributed by atoms with Crippen LogP contribution in [0.15, 0.2) is 12.1 Å². The van der Waals surface area contributed by atoms with Crippen LogP contribution in [0.1, 0.15) is 28.4 Å². The van der Waals surface area contributed by atoms with Crippen LogP contribution < -0.4 is 10.6 Å². The van der Waals surface area contributed by atoms with Crippen molar-refractivity contribution in [3.8, 4) is 0 Å². The van der Waals surface area contributed by atoms with Gasteiger partial charge in [-0.2, -0.15) is 0 Å². The summed E-state index contributed by atoms with van der Waals surface area (Å²) in [7, 11) is 1.55. The van der Waals surface area contributed by atoms with Crippen LogP contribution >= 0.6 is 0 Å². The molecule has 1 aromatic carbocycles. The smallest absolute Gasteiger partial charge is 0.336 e. The highest BCUT2D eigenvalue weighted by molar-refractivity contribution is 5.94. The van der Waals surface area contributed by atoms with E-state index in [0.717, 1.165) is 5.56 Å². The van der Waals surface area contributed by atoms with Crippen molar-refractivity contribution in [3.05, 3.63) is 28.8 Å². The fraction of sp³-hybridized carbons (Fsp3) is 0.429. The van der Waals surface area contributed by atoms with Gasteiger partial charge in [0.25, 0.3) is 0 Å². The summed E-state index contributed by atoms with van der Waals surface area (Å²) in [4.78, 5) is 22.9. The van der Waals surface area contributed by atoms with E-state index >= 15 is 0 Å². The molecule has 0 aliphatic carbocycles. The van der Waals surface area contributed by atoms with Gasteiger partial charge in [-0.3, -0.25) is 0 Å². The van der Waals surface area contributed by atoms with Crippen molar-refractivity contribution >= 4 is 17.7 Å². The molecular weight excluding hydrogens is 260 g/mol. The molecule has 0 radical (unpaired) electrons. The van der Waals surface area contributed by atoms with Crippen LogP contribution in [0.4, 0.5) is 10.5 Å². The maximum Gasteiger partial charge on any atom is 0.336 e. The molecule has 3 N–H and O–H groups in total. The first-order valence-corrected chi connectivity index (χ1v) is 6.26. The number of anilines is 1. The first-order chi connectivity index (χ1) is 9.35. The molecule has 110 valence electrons. The highest BCUT2D eigenvalue weighted by Gasteiger charge is 2.13. The maximum absolute atomic E-state index is 11.7. The number of rotatable bonds is 5. The van der Waals surface area contributed by atoms with Crippen LogP contribution in [0.25, 0.3) is 0 Å². The highest BCUT2D eigenvalue weighted by Crippen LogP contribution is 2.20. The van der Waals surface area contributed by atoms with Gasteiger partial charge in [-0.1, -0.05) is 0 Å². The van der Waals surface area contributed by atoms with Crippen molar-refractivity contribution in [2.75, 3.05) is 19.0 Å². The zero-order valence-electron chi connectivity index (χ0n) is 12.1. The summed E-state index contributed by atoms with van der Waals surface area (Å²) in [6.07, 6.45) is 0. The average molecular weight is 280 g/mol. The van der Waals surface area contributed by atoms with Gasteiger partial charge >= 0.3 is 12.0 Å². The number of carbonyl (C=O) groups excluding carboxylic acids is 1. The number of aromatic carboxylic acids is 1. The summed E-state index contributed by atoms with van der Waals surface area (Å²) in [5.74, 6) is -1.01. The summed E-state index contributed by atoms with van der Waals surface area (Å²) in [5.41, 5.74) is 2.14. The molecule has 1 rings (SSSR count). The van der Waals surface area contributed by atoms with E-state index in [-0.39, 0.29) is 11.6 Å². The predicted molar refractivity (Wildman–Crippen MR) is 76.4 cm³/mol. The number of nitrogens with one attached hydrogen (secondary N) is 2. The largest absolute Gasteiger partial charge is 0.478 e. The molecule has 1 aromatic rings. The first-order valence-electron chi connectivity index (χ1n) is 6.26. The molecule has 0 spiro atoms. The van der Waals surface area contributed by atoms with Crippen LogP contribution in [0, 0.1) is 13.8 Å². The minimum absolute atomic E-state index is 0.134. The van der Waals surface area contributed by atoms with Crippen molar-refractivity contribution in [1.29, 1.82) is 0 Å². The quantitative estimate of drug-likeness (QED) is 0.771. The van der Waals surface area contributed by atoms with Gasteiger partial charge < -0.3 is 20.5 Å². The molecule has 0 aliphatic heterocycles. The standard InChI is InChI=1S/C14H20N2O4/c1-8-5-11(6-12(10(8)3)13(17)18)16-14(19)15-9(2)7-20-4/h5-6,9H,7H2,1-4H3,(H,17,18)(H2,15,16,19). The topological polar surface area (TPSA) is 87.7 Å². The number of hydrogen-bond acceptors (Lipinski definition) is 3. The molecular formula is C14H20N2O4. The summed E-state index contributed by atoms with van der Waals surface area (Å²) in [6, 6.07) is 2.66. The summed E-state index contributed by atoms with van der Waals surface area (Å²) in [5, 5.41) is 14.4. The SMILES string of the molecule is COCC(C)NC(=O)Nc1cc(C)c(C)c(C(=O)O)c1. The number of benzene rings is 1. The molecule has 6 heteroatoms. The number of ether oxygens (including phenoxy) is 1. The van der Waals surface area contributed by atoms with Crippen molar-refractivity contribution in [1.82, 2.24) is 5.32 Å². The normalized spacial score (nSPS) is 11.8. The van der Waals surface area contributed by atoms with E-state index in [1.165, 1.54) is 6.07 Å². The molecule has 0 saturated carbocycles. The molecule has 20 heavy (non-hydrogen) atoms. The number of carboxylic acids is 1. The molecule has 0 bridgehead atoms. The highest BCUT2D eigenvalue weighted by atomic mass is 16.5. The lowest BCUT2D eigenvalue weighted by Gasteiger charge is -2.15. The lowest BCUT2D eigenvalue weighted by molar-refractivity contribution is 0.0696. The number of hydrogen-bond donors (Lipinski definition) is 3. The molecule has 1 atom stereocenters. The van der Waals surface area contributed by atoms with Crippen molar-refractivity contribution < 1.29 is 19.4 Å². The van der Waals surface area contributed by atoms with Crippen LogP contribution in [-0.4, -0.2) is 36.9 Å². The molecule has 1 unspecified atom stereocenters. The van der Waals surface area contributed by atoms with E-state index in [1.807, 2.05) is 6.92 Å². The number of amides is 2. The van der Waals surface area contributed by atoms with Crippen LogP contribution in [0.5, 0.6) is 0 Å². The second-order valence-corrected chi connectivity index (χ2v) is 4.73. The zero-order chi connectivity index (χ0) is 15.3. The Balaban J connectivity index is 2.83. The number of methoxy groups -OCH3 is 1. The second-order valence-electron chi connectivity index (χ2n) is 4.73. The molecule has 0 fully saturated rings. The van der Waals surface area contributed by atoms with Gasteiger partial charge in [-0.05, 0) is 44.0 Å². The summed E-state index contributed by atoms with van der Waals surface area (Å²) < 4.78 is 4.92. The van der Waals surface area contributed by atoms with Gasteiger partial charge in [0.2, 0.25) is 0 Å². The Kier molecular flexibility index (Phi) is 5.52. The van der Waals surface area contributed by atoms with E-state index in [1.54, 1.807) is 27.0 Å². The Hall–Kier alpha value is -2.08. The van der Waals surface area contributed by atoms with Gasteiger partial charge in [0, 0.05) is 12.8 Å². The van der Waals surface area contributed by atoms with Gasteiger partial charge in [-0.25, -0.2) is 9.59 Å². The summed E-state index contributed by atoms with van der Waals surface area (Å²) in [6.45, 7) is 5.76. The van der Waals surface area contributed by atoms with Crippen molar-refractivity contribution in [2.45, 2.75) is 26.8 Å². The van der Waals surface area contributed by atoms with E-state index in [0.29, 0.717) is 17.9 Å². The van der Waals surface area contributed by atoms with E-state index < -0.39 is 12.0 Å². The van der Waals surface area contributed by atoms with Gasteiger partial charge in [0.1, 0.15) is 0 Å². The van der Waals surface area contributed by atoms with Crippen molar-refractivity contribution in [3.63, 3.8) is 0 Å². The first kappa shape index (κ1) is 16.0. The third kappa shape index (κ3) is 4.24. The zero-order valence-corrected chi connectivity index (χ0v) is 12.1. The number of aryl methyl sites for hydroxylation is 1. The van der Waals surface area contributed by atoms with Crippen LogP contribution in [-0.2, 0) is 4.74 Å². The average Bonchev–Trinajstić information content (AvgIpc) is 2.33. The molecule has 0 aromatic heterocycles. The Morgan fingerprint density at radius 3 is 2.55 bits per heavy atom. The number of carboxylic acid groups (broad SMARTS) is 1. The van der Waals surface area contributed by atoms with Crippen LogP contribution in [0.2, 0.25) is 0 Å². The molecule has 0 heterocycles. The third-order valence-corrected chi connectivity index (χ3v) is 2.95. The lowest BCUT2D eigenvalue weighted by atomic mass is 10.0. The Labute approximate surface area is 118 Å². The minimum atomic E-state index is -1.01. The fourth-order valence-electron chi connectivity index (χ4n) is 1.84. The van der Waals surface area contributed by atoms with Gasteiger partial charge in [0.15, 0.2) is 0 Å². The number of urea groups is 1. The second kappa shape index (κ2) is 6.91.